The summed E-state index contributed by atoms with van der Waals surface area (Å²) in [5.41, 5.74) is 0.866. The minimum absolute atomic E-state index is 0.398. The van der Waals surface area contributed by atoms with E-state index in [4.69, 9.17) is 9.47 Å². The summed E-state index contributed by atoms with van der Waals surface area (Å²) in [6, 6.07) is 14.4. The molecule has 2 unspecified atom stereocenters. The summed E-state index contributed by atoms with van der Waals surface area (Å²) >= 11 is 1.44. The standard InChI is InChI=1S/C21H19NO6S/c1-12(23)18(20(25)26-3)19(24)13(2)27-14-8-10-15(11-9-14)28-21-22-16-6-4-5-7-17(16)29-21/h4-11,13,18H,1-3H3. The second kappa shape index (κ2) is 8.83. The molecule has 0 radical (unpaired) electrons. The average molecular weight is 413 g/mol. The minimum atomic E-state index is -1.49. The number of esters is 1. The zero-order valence-corrected chi connectivity index (χ0v) is 16.9. The second-order valence-electron chi connectivity index (χ2n) is 6.25. The van der Waals surface area contributed by atoms with Crippen LogP contribution in [-0.2, 0) is 19.1 Å². The van der Waals surface area contributed by atoms with E-state index in [9.17, 15) is 14.4 Å². The Bertz CT molecular complexity index is 1010. The molecular formula is C21H19NO6S. The summed E-state index contributed by atoms with van der Waals surface area (Å²) in [4.78, 5) is 40.1. The number of fused-ring (bicyclic) bond motifs is 1. The Morgan fingerprint density at radius 1 is 1.00 bits per heavy atom. The van der Waals surface area contributed by atoms with Crippen molar-refractivity contribution in [1.29, 1.82) is 0 Å². The molecule has 3 rings (SSSR count). The van der Waals surface area contributed by atoms with Crippen LogP contribution in [0.5, 0.6) is 16.7 Å². The van der Waals surface area contributed by atoms with Gasteiger partial charge >= 0.3 is 5.97 Å². The number of ether oxygens (including phenoxy) is 3. The van der Waals surface area contributed by atoms with E-state index in [-0.39, 0.29) is 0 Å². The van der Waals surface area contributed by atoms with Crippen LogP contribution in [-0.4, -0.2) is 35.7 Å². The quantitative estimate of drug-likeness (QED) is 0.410. The van der Waals surface area contributed by atoms with E-state index in [1.165, 1.54) is 25.2 Å². The molecule has 8 heteroatoms. The molecule has 0 fully saturated rings. The molecule has 1 aromatic heterocycles. The number of methoxy groups -OCH3 is 1. The molecule has 2 aromatic carbocycles. The highest BCUT2D eigenvalue weighted by Gasteiger charge is 2.36. The Kier molecular flexibility index (Phi) is 6.23. The number of Topliss-reactive ketones (excluding diaryl/α,β-unsaturated/α-hetero) is 2. The van der Waals surface area contributed by atoms with Gasteiger partial charge < -0.3 is 14.2 Å². The molecule has 0 aliphatic rings. The average Bonchev–Trinajstić information content (AvgIpc) is 3.11. The molecule has 0 saturated carbocycles. The first-order valence-electron chi connectivity index (χ1n) is 8.81. The molecule has 0 bridgehead atoms. The van der Waals surface area contributed by atoms with E-state index in [0.29, 0.717) is 16.7 Å². The zero-order valence-electron chi connectivity index (χ0n) is 16.1. The van der Waals surface area contributed by atoms with Crippen LogP contribution >= 0.6 is 11.3 Å². The SMILES string of the molecule is COC(=O)C(C(C)=O)C(=O)C(C)Oc1ccc(Oc2nc3ccccc3s2)cc1. The Labute approximate surface area is 171 Å². The van der Waals surface area contributed by atoms with Gasteiger partial charge in [0.05, 0.1) is 17.3 Å². The van der Waals surface area contributed by atoms with Crippen LogP contribution in [0.1, 0.15) is 13.8 Å². The lowest BCUT2D eigenvalue weighted by Crippen LogP contribution is -2.39. The molecule has 7 nitrogen and oxygen atoms in total. The Morgan fingerprint density at radius 3 is 2.28 bits per heavy atom. The van der Waals surface area contributed by atoms with E-state index >= 15 is 0 Å². The summed E-state index contributed by atoms with van der Waals surface area (Å²) in [7, 11) is 1.13. The van der Waals surface area contributed by atoms with Crippen molar-refractivity contribution >= 4 is 39.1 Å². The molecule has 1 heterocycles. The number of rotatable bonds is 8. The fraction of sp³-hybridized carbons (Fsp3) is 0.238. The number of nitrogens with zero attached hydrogens (tertiary/aromatic N) is 1. The van der Waals surface area contributed by atoms with Gasteiger partial charge in [0.1, 0.15) is 11.5 Å². The highest BCUT2D eigenvalue weighted by molar-refractivity contribution is 7.20. The predicted molar refractivity (Wildman–Crippen MR) is 107 cm³/mol. The Morgan fingerprint density at radius 2 is 1.66 bits per heavy atom. The molecule has 0 amide bonds. The lowest BCUT2D eigenvalue weighted by atomic mass is 9.96. The number of hydrogen-bond donors (Lipinski definition) is 0. The summed E-state index contributed by atoms with van der Waals surface area (Å²) in [6.45, 7) is 2.65. The first-order chi connectivity index (χ1) is 13.9. The third kappa shape index (κ3) is 4.78. The number of hydrogen-bond acceptors (Lipinski definition) is 8. The van der Waals surface area contributed by atoms with Crippen LogP contribution in [0.2, 0.25) is 0 Å². The molecule has 0 N–H and O–H groups in total. The van der Waals surface area contributed by atoms with Crippen LogP contribution in [0.4, 0.5) is 0 Å². The number of ketones is 2. The van der Waals surface area contributed by atoms with E-state index < -0.39 is 29.6 Å². The van der Waals surface area contributed by atoms with Gasteiger partial charge in [0, 0.05) is 0 Å². The predicted octanol–water partition coefficient (Wildman–Crippen LogP) is 3.80. The van der Waals surface area contributed by atoms with Gasteiger partial charge in [0.2, 0.25) is 0 Å². The highest BCUT2D eigenvalue weighted by atomic mass is 32.1. The number of thiazole rings is 1. The van der Waals surface area contributed by atoms with Crippen molar-refractivity contribution in [2.24, 2.45) is 5.92 Å². The summed E-state index contributed by atoms with van der Waals surface area (Å²) in [5.74, 6) is -2.66. The van der Waals surface area contributed by atoms with Gasteiger partial charge in [-0.25, -0.2) is 4.98 Å². The first-order valence-corrected chi connectivity index (χ1v) is 9.63. The van der Waals surface area contributed by atoms with Crippen LogP contribution in [0, 0.1) is 5.92 Å². The second-order valence-corrected chi connectivity index (χ2v) is 7.24. The van der Waals surface area contributed by atoms with Crippen molar-refractivity contribution in [2.45, 2.75) is 20.0 Å². The third-order valence-electron chi connectivity index (χ3n) is 4.14. The lowest BCUT2D eigenvalue weighted by Gasteiger charge is -2.17. The van der Waals surface area contributed by atoms with Gasteiger partial charge in [-0.15, -0.1) is 0 Å². The van der Waals surface area contributed by atoms with Gasteiger partial charge in [-0.05, 0) is 50.2 Å². The molecule has 2 atom stereocenters. The van der Waals surface area contributed by atoms with Crippen LogP contribution in [0.3, 0.4) is 0 Å². The fourth-order valence-corrected chi connectivity index (χ4v) is 3.51. The number of carbonyl (C=O) groups is 3. The molecule has 29 heavy (non-hydrogen) atoms. The van der Waals surface area contributed by atoms with Gasteiger partial charge in [-0.1, -0.05) is 23.5 Å². The van der Waals surface area contributed by atoms with Crippen molar-refractivity contribution in [3.05, 3.63) is 48.5 Å². The number of carbonyl (C=O) groups excluding carboxylic acids is 3. The van der Waals surface area contributed by atoms with Crippen LogP contribution < -0.4 is 9.47 Å². The maximum atomic E-state index is 12.4. The molecule has 3 aromatic rings. The van der Waals surface area contributed by atoms with Crippen molar-refractivity contribution in [3.8, 4) is 16.7 Å². The summed E-state index contributed by atoms with van der Waals surface area (Å²) in [5, 5.41) is 0.519. The molecule has 0 aliphatic heterocycles. The molecule has 0 spiro atoms. The molecule has 150 valence electrons. The van der Waals surface area contributed by atoms with Crippen molar-refractivity contribution in [1.82, 2.24) is 4.98 Å². The number of para-hydroxylation sites is 1. The van der Waals surface area contributed by atoms with E-state index in [0.717, 1.165) is 17.3 Å². The van der Waals surface area contributed by atoms with Gasteiger partial charge in [0.15, 0.2) is 23.6 Å². The third-order valence-corrected chi connectivity index (χ3v) is 5.06. The van der Waals surface area contributed by atoms with Gasteiger partial charge in [0.25, 0.3) is 5.19 Å². The minimum Gasteiger partial charge on any atom is -0.483 e. The molecular weight excluding hydrogens is 394 g/mol. The zero-order chi connectivity index (χ0) is 21.0. The molecule has 0 aliphatic carbocycles. The first kappa shape index (κ1) is 20.5. The fourth-order valence-electron chi connectivity index (χ4n) is 2.68. The lowest BCUT2D eigenvalue weighted by molar-refractivity contribution is -0.154. The number of aromatic nitrogens is 1. The largest absolute Gasteiger partial charge is 0.483 e. The highest BCUT2D eigenvalue weighted by Crippen LogP contribution is 2.31. The van der Waals surface area contributed by atoms with Gasteiger partial charge in [-0.2, -0.15) is 0 Å². The summed E-state index contributed by atoms with van der Waals surface area (Å²) < 4.78 is 16.9. The Hall–Kier alpha value is -3.26. The number of benzene rings is 2. The van der Waals surface area contributed by atoms with E-state index in [1.807, 2.05) is 24.3 Å². The smallest absolute Gasteiger partial charge is 0.323 e. The summed E-state index contributed by atoms with van der Waals surface area (Å²) in [6.07, 6.45) is -1.00. The maximum absolute atomic E-state index is 12.4. The van der Waals surface area contributed by atoms with Crippen molar-refractivity contribution in [2.75, 3.05) is 7.11 Å². The van der Waals surface area contributed by atoms with Crippen molar-refractivity contribution < 1.29 is 28.6 Å². The molecule has 0 saturated heterocycles. The van der Waals surface area contributed by atoms with Crippen LogP contribution in [0.15, 0.2) is 48.5 Å². The van der Waals surface area contributed by atoms with Crippen molar-refractivity contribution in [3.63, 3.8) is 0 Å². The van der Waals surface area contributed by atoms with Crippen LogP contribution in [0.25, 0.3) is 10.2 Å². The Balaban J connectivity index is 1.65. The van der Waals surface area contributed by atoms with Gasteiger partial charge in [-0.3, -0.25) is 14.4 Å². The van der Waals surface area contributed by atoms with E-state index in [1.54, 1.807) is 24.3 Å². The normalized spacial score (nSPS) is 12.8. The monoisotopic (exact) mass is 413 g/mol. The van der Waals surface area contributed by atoms with E-state index in [2.05, 4.69) is 9.72 Å². The topological polar surface area (TPSA) is 91.8 Å². The maximum Gasteiger partial charge on any atom is 0.323 e.